The molecule has 3 heteroatoms. The summed E-state index contributed by atoms with van der Waals surface area (Å²) in [6, 6.07) is 11.2. The van der Waals surface area contributed by atoms with Crippen molar-refractivity contribution in [3.05, 3.63) is 35.9 Å². The fourth-order valence-corrected chi connectivity index (χ4v) is 2.21. The van der Waals surface area contributed by atoms with Crippen LogP contribution in [-0.2, 0) is 9.47 Å². The maximum atomic E-state index is 5.46. The van der Waals surface area contributed by atoms with E-state index in [1.807, 2.05) is 0 Å². The number of hydrogen-bond acceptors (Lipinski definition) is 3. The molecule has 0 heterocycles. The molecule has 0 fully saturated rings. The highest BCUT2D eigenvalue weighted by molar-refractivity contribution is 5.18. The maximum Gasteiger partial charge on any atom is 0.0700 e. The van der Waals surface area contributed by atoms with Crippen LogP contribution in [-0.4, -0.2) is 33.5 Å². The molecular weight excluding hydrogens is 250 g/mol. The summed E-state index contributed by atoms with van der Waals surface area (Å²) in [6.45, 7) is 5.50. The third-order valence-corrected chi connectivity index (χ3v) is 3.32. The first kappa shape index (κ1) is 17.2. The van der Waals surface area contributed by atoms with Crippen molar-refractivity contribution in [3.8, 4) is 0 Å². The molecule has 0 spiro atoms. The fourth-order valence-electron chi connectivity index (χ4n) is 2.21. The SMILES string of the molecule is CCCC(NCCCCOCCOC)c1ccccc1. The summed E-state index contributed by atoms with van der Waals surface area (Å²) in [5.74, 6) is 0. The van der Waals surface area contributed by atoms with E-state index in [0.29, 0.717) is 19.3 Å². The third-order valence-electron chi connectivity index (χ3n) is 3.32. The van der Waals surface area contributed by atoms with Gasteiger partial charge in [-0.2, -0.15) is 0 Å². The van der Waals surface area contributed by atoms with E-state index in [9.17, 15) is 0 Å². The normalized spacial score (nSPS) is 12.5. The number of benzene rings is 1. The Morgan fingerprint density at radius 3 is 2.55 bits per heavy atom. The van der Waals surface area contributed by atoms with Crippen LogP contribution in [0.5, 0.6) is 0 Å². The Kier molecular flexibility index (Phi) is 10.2. The maximum absolute atomic E-state index is 5.46. The van der Waals surface area contributed by atoms with Crippen molar-refractivity contribution < 1.29 is 9.47 Å². The summed E-state index contributed by atoms with van der Waals surface area (Å²) in [4.78, 5) is 0. The van der Waals surface area contributed by atoms with Gasteiger partial charge in [-0.3, -0.25) is 0 Å². The van der Waals surface area contributed by atoms with E-state index in [2.05, 4.69) is 42.6 Å². The molecular formula is C17H29NO2. The second-order valence-electron chi connectivity index (χ2n) is 5.02. The zero-order chi connectivity index (χ0) is 14.5. The number of hydrogen-bond donors (Lipinski definition) is 1. The topological polar surface area (TPSA) is 30.5 Å². The molecule has 0 aliphatic heterocycles. The van der Waals surface area contributed by atoms with Crippen LogP contribution in [0.25, 0.3) is 0 Å². The van der Waals surface area contributed by atoms with E-state index < -0.39 is 0 Å². The summed E-state index contributed by atoms with van der Waals surface area (Å²) < 4.78 is 10.4. The van der Waals surface area contributed by atoms with Gasteiger partial charge in [0.25, 0.3) is 0 Å². The van der Waals surface area contributed by atoms with Gasteiger partial charge in [0.05, 0.1) is 13.2 Å². The smallest absolute Gasteiger partial charge is 0.0700 e. The van der Waals surface area contributed by atoms with Crippen molar-refractivity contribution in [2.75, 3.05) is 33.5 Å². The van der Waals surface area contributed by atoms with Crippen LogP contribution < -0.4 is 5.32 Å². The Morgan fingerprint density at radius 2 is 1.85 bits per heavy atom. The lowest BCUT2D eigenvalue weighted by Gasteiger charge is -2.18. The Labute approximate surface area is 123 Å². The minimum Gasteiger partial charge on any atom is -0.382 e. The van der Waals surface area contributed by atoms with Crippen molar-refractivity contribution in [1.29, 1.82) is 0 Å². The molecule has 1 unspecified atom stereocenters. The van der Waals surface area contributed by atoms with Crippen molar-refractivity contribution in [1.82, 2.24) is 5.32 Å². The Bertz CT molecular complexity index is 316. The number of rotatable bonds is 12. The van der Waals surface area contributed by atoms with Gasteiger partial charge in [0.2, 0.25) is 0 Å². The van der Waals surface area contributed by atoms with Gasteiger partial charge in [-0.05, 0) is 31.4 Å². The molecule has 0 radical (unpaired) electrons. The van der Waals surface area contributed by atoms with Gasteiger partial charge in [-0.15, -0.1) is 0 Å². The van der Waals surface area contributed by atoms with Crippen molar-refractivity contribution in [2.24, 2.45) is 0 Å². The van der Waals surface area contributed by atoms with Crippen LogP contribution in [0.1, 0.15) is 44.2 Å². The average molecular weight is 279 g/mol. The van der Waals surface area contributed by atoms with Gasteiger partial charge in [0.1, 0.15) is 0 Å². The molecule has 1 atom stereocenters. The number of methoxy groups -OCH3 is 1. The van der Waals surface area contributed by atoms with Crippen LogP contribution in [0.2, 0.25) is 0 Å². The van der Waals surface area contributed by atoms with Gasteiger partial charge in [0, 0.05) is 19.8 Å². The van der Waals surface area contributed by atoms with E-state index in [-0.39, 0.29) is 0 Å². The minimum atomic E-state index is 0.482. The monoisotopic (exact) mass is 279 g/mol. The second kappa shape index (κ2) is 11.9. The van der Waals surface area contributed by atoms with Gasteiger partial charge >= 0.3 is 0 Å². The predicted molar refractivity (Wildman–Crippen MR) is 84.0 cm³/mol. The van der Waals surface area contributed by atoms with Crippen LogP contribution >= 0.6 is 0 Å². The van der Waals surface area contributed by atoms with Crippen LogP contribution in [0.15, 0.2) is 30.3 Å². The van der Waals surface area contributed by atoms with Gasteiger partial charge in [-0.1, -0.05) is 43.7 Å². The van der Waals surface area contributed by atoms with E-state index >= 15 is 0 Å². The molecule has 1 rings (SSSR count). The van der Waals surface area contributed by atoms with Crippen LogP contribution in [0.4, 0.5) is 0 Å². The molecule has 0 aliphatic carbocycles. The lowest BCUT2D eigenvalue weighted by Crippen LogP contribution is -2.22. The molecule has 0 amide bonds. The first-order valence-electron chi connectivity index (χ1n) is 7.73. The highest BCUT2D eigenvalue weighted by atomic mass is 16.5. The average Bonchev–Trinajstić information content (AvgIpc) is 2.50. The fraction of sp³-hybridized carbons (Fsp3) is 0.647. The molecule has 0 bridgehead atoms. The Hall–Kier alpha value is -0.900. The van der Waals surface area contributed by atoms with E-state index in [4.69, 9.17) is 9.47 Å². The summed E-state index contributed by atoms with van der Waals surface area (Å²) in [6.07, 6.45) is 4.64. The highest BCUT2D eigenvalue weighted by Crippen LogP contribution is 2.17. The van der Waals surface area contributed by atoms with Gasteiger partial charge < -0.3 is 14.8 Å². The molecule has 1 aromatic carbocycles. The first-order chi connectivity index (χ1) is 9.88. The quantitative estimate of drug-likeness (QED) is 0.593. The summed E-state index contributed by atoms with van der Waals surface area (Å²) >= 11 is 0. The molecule has 1 N–H and O–H groups in total. The number of nitrogens with one attached hydrogen (secondary N) is 1. The molecule has 20 heavy (non-hydrogen) atoms. The summed E-state index contributed by atoms with van der Waals surface area (Å²) in [7, 11) is 1.70. The second-order valence-corrected chi connectivity index (χ2v) is 5.02. The molecule has 0 saturated carbocycles. The van der Waals surface area contributed by atoms with Crippen molar-refractivity contribution >= 4 is 0 Å². The lowest BCUT2D eigenvalue weighted by molar-refractivity contribution is 0.0687. The molecule has 0 aliphatic rings. The number of unbranched alkanes of at least 4 members (excludes halogenated alkanes) is 1. The van der Waals surface area contributed by atoms with E-state index in [1.54, 1.807) is 7.11 Å². The predicted octanol–water partition coefficient (Wildman–Crippen LogP) is 3.56. The van der Waals surface area contributed by atoms with Crippen molar-refractivity contribution in [2.45, 2.75) is 38.6 Å². The molecule has 0 aromatic heterocycles. The zero-order valence-electron chi connectivity index (χ0n) is 12.9. The van der Waals surface area contributed by atoms with Crippen molar-refractivity contribution in [3.63, 3.8) is 0 Å². The van der Waals surface area contributed by atoms with E-state index in [0.717, 1.165) is 26.0 Å². The standard InChI is InChI=1S/C17H29NO2/c1-3-9-17(16-10-5-4-6-11-16)18-12-7-8-13-20-15-14-19-2/h4-6,10-11,17-18H,3,7-9,12-15H2,1-2H3. The molecule has 3 nitrogen and oxygen atoms in total. The van der Waals surface area contributed by atoms with E-state index in [1.165, 1.54) is 18.4 Å². The van der Waals surface area contributed by atoms with Crippen LogP contribution in [0.3, 0.4) is 0 Å². The highest BCUT2D eigenvalue weighted by Gasteiger charge is 2.08. The molecule has 114 valence electrons. The largest absolute Gasteiger partial charge is 0.382 e. The molecule has 1 aromatic rings. The van der Waals surface area contributed by atoms with Gasteiger partial charge in [0.15, 0.2) is 0 Å². The summed E-state index contributed by atoms with van der Waals surface area (Å²) in [5.41, 5.74) is 1.39. The van der Waals surface area contributed by atoms with Crippen LogP contribution in [0, 0.1) is 0 Å². The Balaban J connectivity index is 2.14. The molecule has 0 saturated heterocycles. The summed E-state index contributed by atoms with van der Waals surface area (Å²) in [5, 5.41) is 3.66. The zero-order valence-corrected chi connectivity index (χ0v) is 12.9. The lowest BCUT2D eigenvalue weighted by atomic mass is 10.0. The van der Waals surface area contributed by atoms with Gasteiger partial charge in [-0.25, -0.2) is 0 Å². The number of ether oxygens (including phenoxy) is 2. The third kappa shape index (κ3) is 7.63. The first-order valence-corrected chi connectivity index (χ1v) is 7.73. The minimum absolute atomic E-state index is 0.482. The Morgan fingerprint density at radius 1 is 1.05 bits per heavy atom.